The molecule has 0 atom stereocenters. The average Bonchev–Trinajstić information content (AvgIpc) is 2.30. The summed E-state index contributed by atoms with van der Waals surface area (Å²) in [6, 6.07) is 2.05. The Morgan fingerprint density at radius 1 is 1.42 bits per heavy atom. The predicted octanol–water partition coefficient (Wildman–Crippen LogP) is 2.48. The predicted molar refractivity (Wildman–Crippen MR) is 50.0 cm³/mol. The van der Waals surface area contributed by atoms with Gasteiger partial charge < -0.3 is 9.73 Å². The van der Waals surface area contributed by atoms with E-state index in [-0.39, 0.29) is 5.54 Å². The second-order valence-electron chi connectivity index (χ2n) is 4.17. The van der Waals surface area contributed by atoms with Crippen LogP contribution in [0, 0.1) is 6.92 Å². The summed E-state index contributed by atoms with van der Waals surface area (Å²) in [6.45, 7) is 9.29. The van der Waals surface area contributed by atoms with E-state index < -0.39 is 0 Å². The van der Waals surface area contributed by atoms with Crippen molar-refractivity contribution in [3.05, 3.63) is 23.7 Å². The van der Waals surface area contributed by atoms with Crippen molar-refractivity contribution in [2.45, 2.75) is 39.8 Å². The van der Waals surface area contributed by atoms with E-state index in [9.17, 15) is 0 Å². The molecule has 0 fully saturated rings. The van der Waals surface area contributed by atoms with Crippen LogP contribution in [-0.2, 0) is 6.54 Å². The average molecular weight is 167 g/mol. The van der Waals surface area contributed by atoms with Gasteiger partial charge in [0.2, 0.25) is 0 Å². The van der Waals surface area contributed by atoms with Gasteiger partial charge in [-0.1, -0.05) is 0 Å². The Hall–Kier alpha value is -0.760. The summed E-state index contributed by atoms with van der Waals surface area (Å²) in [5.74, 6) is 0.973. The number of aryl methyl sites for hydroxylation is 1. The lowest BCUT2D eigenvalue weighted by molar-refractivity contribution is 0.422. The van der Waals surface area contributed by atoms with Crippen LogP contribution < -0.4 is 5.32 Å². The molecular formula is C10H17NO. The number of hydrogen-bond acceptors (Lipinski definition) is 2. The summed E-state index contributed by atoms with van der Waals surface area (Å²) < 4.78 is 5.19. The molecule has 12 heavy (non-hydrogen) atoms. The molecule has 2 heteroatoms. The van der Waals surface area contributed by atoms with Crippen LogP contribution in [-0.4, -0.2) is 5.54 Å². The van der Waals surface area contributed by atoms with Crippen molar-refractivity contribution in [2.24, 2.45) is 0 Å². The minimum atomic E-state index is 0.172. The van der Waals surface area contributed by atoms with Gasteiger partial charge in [-0.05, 0) is 33.8 Å². The molecular weight excluding hydrogens is 150 g/mol. The molecule has 1 rings (SSSR count). The van der Waals surface area contributed by atoms with Gasteiger partial charge in [0.25, 0.3) is 0 Å². The van der Waals surface area contributed by atoms with E-state index in [1.165, 1.54) is 5.56 Å². The second-order valence-corrected chi connectivity index (χ2v) is 4.17. The molecule has 0 saturated carbocycles. The lowest BCUT2D eigenvalue weighted by Crippen LogP contribution is -2.34. The SMILES string of the molecule is Cc1cc(CNC(C)(C)C)co1. The summed E-state index contributed by atoms with van der Waals surface area (Å²) in [5.41, 5.74) is 1.38. The van der Waals surface area contributed by atoms with Crippen LogP contribution >= 0.6 is 0 Å². The third-order valence-electron chi connectivity index (χ3n) is 1.61. The third-order valence-corrected chi connectivity index (χ3v) is 1.61. The summed E-state index contributed by atoms with van der Waals surface area (Å²) in [7, 11) is 0. The Labute approximate surface area is 74.0 Å². The van der Waals surface area contributed by atoms with Gasteiger partial charge in [0.1, 0.15) is 5.76 Å². The third kappa shape index (κ3) is 3.09. The van der Waals surface area contributed by atoms with E-state index in [1.54, 1.807) is 6.26 Å². The van der Waals surface area contributed by atoms with Crippen molar-refractivity contribution in [3.63, 3.8) is 0 Å². The summed E-state index contributed by atoms with van der Waals surface area (Å²) in [4.78, 5) is 0. The van der Waals surface area contributed by atoms with Crippen molar-refractivity contribution in [2.75, 3.05) is 0 Å². The quantitative estimate of drug-likeness (QED) is 0.732. The molecule has 1 aromatic heterocycles. The normalized spacial score (nSPS) is 12.0. The Bertz CT molecular complexity index is 245. The van der Waals surface area contributed by atoms with Crippen molar-refractivity contribution in [1.82, 2.24) is 5.32 Å². The van der Waals surface area contributed by atoms with Gasteiger partial charge in [0.15, 0.2) is 0 Å². The zero-order valence-electron chi connectivity index (χ0n) is 8.27. The van der Waals surface area contributed by atoms with Gasteiger partial charge in [0, 0.05) is 17.6 Å². The minimum absolute atomic E-state index is 0.172. The van der Waals surface area contributed by atoms with E-state index in [1.807, 2.05) is 6.92 Å². The highest BCUT2D eigenvalue weighted by Crippen LogP contribution is 2.07. The van der Waals surface area contributed by atoms with Crippen LogP contribution in [0.4, 0.5) is 0 Å². The number of furan rings is 1. The van der Waals surface area contributed by atoms with E-state index in [0.717, 1.165) is 12.3 Å². The Balaban J connectivity index is 2.44. The van der Waals surface area contributed by atoms with E-state index in [2.05, 4.69) is 32.2 Å². The molecule has 1 heterocycles. The standard InChI is InChI=1S/C10H17NO/c1-8-5-9(7-12-8)6-11-10(2,3)4/h5,7,11H,6H2,1-4H3. The minimum Gasteiger partial charge on any atom is -0.469 e. The van der Waals surface area contributed by atoms with Crippen LogP contribution in [0.1, 0.15) is 32.1 Å². The van der Waals surface area contributed by atoms with Gasteiger partial charge in [-0.2, -0.15) is 0 Å². The molecule has 1 N–H and O–H groups in total. The highest BCUT2D eigenvalue weighted by molar-refractivity contribution is 5.11. The van der Waals surface area contributed by atoms with Gasteiger partial charge >= 0.3 is 0 Å². The van der Waals surface area contributed by atoms with Crippen LogP contribution in [0.5, 0.6) is 0 Å². The van der Waals surface area contributed by atoms with Crippen molar-refractivity contribution in [1.29, 1.82) is 0 Å². The zero-order valence-corrected chi connectivity index (χ0v) is 8.27. The molecule has 0 radical (unpaired) electrons. The summed E-state index contributed by atoms with van der Waals surface area (Å²) in [5, 5.41) is 3.39. The first-order valence-corrected chi connectivity index (χ1v) is 4.26. The topological polar surface area (TPSA) is 25.2 Å². The molecule has 0 saturated heterocycles. The van der Waals surface area contributed by atoms with Crippen LogP contribution in [0.15, 0.2) is 16.7 Å². The highest BCUT2D eigenvalue weighted by Gasteiger charge is 2.08. The molecule has 0 spiro atoms. The lowest BCUT2D eigenvalue weighted by Gasteiger charge is -2.19. The summed E-state index contributed by atoms with van der Waals surface area (Å²) in [6.07, 6.45) is 1.80. The maximum absolute atomic E-state index is 5.19. The zero-order chi connectivity index (χ0) is 9.19. The first kappa shape index (κ1) is 9.33. The van der Waals surface area contributed by atoms with Gasteiger partial charge in [-0.15, -0.1) is 0 Å². The maximum Gasteiger partial charge on any atom is 0.101 e. The molecule has 0 aromatic carbocycles. The number of hydrogen-bond donors (Lipinski definition) is 1. The molecule has 0 aliphatic heterocycles. The van der Waals surface area contributed by atoms with Crippen LogP contribution in [0.2, 0.25) is 0 Å². The Morgan fingerprint density at radius 2 is 2.08 bits per heavy atom. The molecule has 0 unspecified atom stereocenters. The van der Waals surface area contributed by atoms with Crippen LogP contribution in [0.25, 0.3) is 0 Å². The van der Waals surface area contributed by atoms with Gasteiger partial charge in [0.05, 0.1) is 6.26 Å². The monoisotopic (exact) mass is 167 g/mol. The lowest BCUT2D eigenvalue weighted by atomic mass is 10.1. The fraction of sp³-hybridized carbons (Fsp3) is 0.600. The number of nitrogens with one attached hydrogen (secondary N) is 1. The molecule has 0 aliphatic carbocycles. The molecule has 0 amide bonds. The smallest absolute Gasteiger partial charge is 0.101 e. The largest absolute Gasteiger partial charge is 0.469 e. The van der Waals surface area contributed by atoms with Gasteiger partial charge in [-0.3, -0.25) is 0 Å². The summed E-state index contributed by atoms with van der Waals surface area (Å²) >= 11 is 0. The van der Waals surface area contributed by atoms with Gasteiger partial charge in [-0.25, -0.2) is 0 Å². The van der Waals surface area contributed by atoms with Crippen molar-refractivity contribution in [3.8, 4) is 0 Å². The second kappa shape index (κ2) is 3.31. The fourth-order valence-corrected chi connectivity index (χ4v) is 0.958. The fourth-order valence-electron chi connectivity index (χ4n) is 0.958. The first-order valence-electron chi connectivity index (χ1n) is 4.26. The van der Waals surface area contributed by atoms with Crippen molar-refractivity contribution < 1.29 is 4.42 Å². The highest BCUT2D eigenvalue weighted by atomic mass is 16.3. The van der Waals surface area contributed by atoms with Crippen LogP contribution in [0.3, 0.4) is 0 Å². The Morgan fingerprint density at radius 3 is 2.50 bits per heavy atom. The van der Waals surface area contributed by atoms with E-state index >= 15 is 0 Å². The van der Waals surface area contributed by atoms with Crippen molar-refractivity contribution >= 4 is 0 Å². The first-order chi connectivity index (χ1) is 5.47. The van der Waals surface area contributed by atoms with E-state index in [4.69, 9.17) is 4.42 Å². The molecule has 68 valence electrons. The number of rotatable bonds is 2. The Kier molecular flexibility index (Phi) is 2.58. The molecule has 1 aromatic rings. The van der Waals surface area contributed by atoms with E-state index in [0.29, 0.717) is 0 Å². The molecule has 2 nitrogen and oxygen atoms in total. The molecule has 0 bridgehead atoms. The molecule has 0 aliphatic rings. The maximum atomic E-state index is 5.19.